The molecular formula is C29H37Cl3N6O2S. The van der Waals surface area contributed by atoms with Crippen LogP contribution in [-0.4, -0.2) is 59.1 Å². The highest BCUT2D eigenvalue weighted by molar-refractivity contribution is 7.18. The molecule has 0 aliphatic carbocycles. The van der Waals surface area contributed by atoms with Crippen molar-refractivity contribution in [3.63, 3.8) is 0 Å². The van der Waals surface area contributed by atoms with Gasteiger partial charge < -0.3 is 15.0 Å². The first-order chi connectivity index (χ1) is 19.3. The van der Waals surface area contributed by atoms with Gasteiger partial charge in [0, 0.05) is 57.8 Å². The second-order valence-corrected chi connectivity index (χ2v) is 12.7. The van der Waals surface area contributed by atoms with Gasteiger partial charge in [0.1, 0.15) is 24.9 Å². The molecule has 12 heteroatoms. The maximum absolute atomic E-state index is 12.6. The second-order valence-electron chi connectivity index (χ2n) is 10.8. The van der Waals surface area contributed by atoms with Crippen molar-refractivity contribution in [3.8, 4) is 0 Å². The Balaban J connectivity index is 0.00000387. The zero-order valence-electron chi connectivity index (χ0n) is 23.3. The molecule has 2 unspecified atom stereocenters. The van der Waals surface area contributed by atoms with E-state index in [-0.39, 0.29) is 30.3 Å². The molecule has 2 atom stereocenters. The van der Waals surface area contributed by atoms with Gasteiger partial charge in [-0.25, -0.2) is 20.0 Å². The van der Waals surface area contributed by atoms with E-state index in [9.17, 15) is 9.90 Å². The van der Waals surface area contributed by atoms with Gasteiger partial charge in [0.05, 0.1) is 19.8 Å². The second kappa shape index (κ2) is 14.3. The van der Waals surface area contributed by atoms with Crippen molar-refractivity contribution >= 4 is 74.9 Å². The molecule has 2 aliphatic rings. The van der Waals surface area contributed by atoms with Crippen molar-refractivity contribution in [2.75, 3.05) is 37.6 Å². The van der Waals surface area contributed by atoms with E-state index >= 15 is 0 Å². The molecule has 1 N–H and O–H groups in total. The number of likely N-dealkylation sites (tertiary alicyclic amines) is 1. The number of piperidine rings is 1. The Morgan fingerprint density at radius 1 is 1.15 bits per heavy atom. The lowest BCUT2D eigenvalue weighted by atomic mass is 10.0. The van der Waals surface area contributed by atoms with Crippen molar-refractivity contribution in [1.82, 2.24) is 15.4 Å². The fourth-order valence-electron chi connectivity index (χ4n) is 6.02. The first kappa shape index (κ1) is 31.8. The largest absolute Gasteiger partial charge is 0.862 e. The fourth-order valence-corrected chi connectivity index (χ4v) is 7.24. The van der Waals surface area contributed by atoms with Crippen LogP contribution >= 0.6 is 46.9 Å². The Bertz CT molecular complexity index is 1380. The summed E-state index contributed by atoms with van der Waals surface area (Å²) < 4.78 is 1.49. The van der Waals surface area contributed by atoms with E-state index in [1.54, 1.807) is 18.3 Å². The Hall–Kier alpha value is -2.17. The van der Waals surface area contributed by atoms with E-state index in [0.29, 0.717) is 47.0 Å². The SMILES string of the molecule is CC(=O)N[N+]1(CCCN=C([O-])CCc2nc3nc(N4CCCCC4)ccc3s2)CCCC1c1ccc(Cl)c(Cl)c1.Cl. The van der Waals surface area contributed by atoms with E-state index in [1.807, 2.05) is 18.2 Å². The molecule has 222 valence electrons. The molecule has 1 aromatic carbocycles. The third-order valence-electron chi connectivity index (χ3n) is 7.86. The summed E-state index contributed by atoms with van der Waals surface area (Å²) >= 11 is 14.0. The van der Waals surface area contributed by atoms with Crippen LogP contribution in [0.3, 0.4) is 0 Å². The minimum Gasteiger partial charge on any atom is -0.862 e. The highest BCUT2D eigenvalue weighted by Crippen LogP contribution is 2.39. The lowest BCUT2D eigenvalue weighted by Gasteiger charge is -2.39. The smallest absolute Gasteiger partial charge is 0.261 e. The number of benzene rings is 1. The molecule has 2 aliphatic heterocycles. The van der Waals surface area contributed by atoms with Crippen molar-refractivity contribution in [2.24, 2.45) is 4.99 Å². The van der Waals surface area contributed by atoms with Crippen LogP contribution in [-0.2, 0) is 11.2 Å². The zero-order chi connectivity index (χ0) is 28.1. The van der Waals surface area contributed by atoms with Gasteiger partial charge in [-0.3, -0.25) is 4.79 Å². The molecule has 5 rings (SSSR count). The first-order valence-corrected chi connectivity index (χ1v) is 15.7. The Morgan fingerprint density at radius 3 is 2.71 bits per heavy atom. The summed E-state index contributed by atoms with van der Waals surface area (Å²) in [6.07, 6.45) is 7.20. The number of hydrogen-bond donors (Lipinski definition) is 1. The van der Waals surface area contributed by atoms with Crippen LogP contribution in [0, 0.1) is 0 Å². The number of quaternary nitrogens is 1. The van der Waals surface area contributed by atoms with Gasteiger partial charge in [-0.1, -0.05) is 29.3 Å². The summed E-state index contributed by atoms with van der Waals surface area (Å²) in [7, 11) is 0. The van der Waals surface area contributed by atoms with Gasteiger partial charge in [-0.2, -0.15) is 0 Å². The highest BCUT2D eigenvalue weighted by atomic mass is 35.5. The minimum absolute atomic E-state index is 0. The number of aryl methyl sites for hydroxylation is 1. The number of nitrogens with one attached hydrogen (secondary N) is 1. The third kappa shape index (κ3) is 7.82. The minimum atomic E-state index is -0.116. The average molecular weight is 640 g/mol. The predicted molar refractivity (Wildman–Crippen MR) is 168 cm³/mol. The van der Waals surface area contributed by atoms with Gasteiger partial charge in [0.15, 0.2) is 5.65 Å². The molecule has 41 heavy (non-hydrogen) atoms. The lowest BCUT2D eigenvalue weighted by molar-refractivity contribution is -0.977. The normalized spacial score (nSPS) is 21.2. The standard InChI is InChI=1S/C29H36Cl2N6O2S.ClH/c1-20(38)35-37(17-5-7-24(37)21-8-9-22(30)23(31)19-21)18-6-14-32-27(39)12-13-28-34-29-25(40-28)10-11-26(33-29)36-15-3-2-4-16-36;/h8-11,19,24H,2-7,12-18H2,1H3,(H-,32,35,38,39);1H. The van der Waals surface area contributed by atoms with Crippen LogP contribution in [0.25, 0.3) is 10.3 Å². The molecule has 0 bridgehead atoms. The van der Waals surface area contributed by atoms with Crippen molar-refractivity contribution in [2.45, 2.75) is 64.3 Å². The molecule has 0 radical (unpaired) electrons. The summed E-state index contributed by atoms with van der Waals surface area (Å²) in [5, 5.41) is 14.5. The number of carbonyl (C=O) groups is 1. The number of thiazole rings is 1. The molecule has 0 saturated carbocycles. The molecule has 4 heterocycles. The summed E-state index contributed by atoms with van der Waals surface area (Å²) in [5.74, 6) is 0.803. The van der Waals surface area contributed by atoms with E-state index in [1.165, 1.54) is 19.3 Å². The molecular weight excluding hydrogens is 603 g/mol. The maximum Gasteiger partial charge on any atom is 0.261 e. The topological polar surface area (TPSA) is 93.5 Å². The maximum atomic E-state index is 12.6. The van der Waals surface area contributed by atoms with Crippen LogP contribution in [0.15, 0.2) is 35.3 Å². The Kier molecular flexibility index (Phi) is 11.1. The van der Waals surface area contributed by atoms with E-state index in [4.69, 9.17) is 33.2 Å². The van der Waals surface area contributed by atoms with Crippen molar-refractivity contribution in [3.05, 3.63) is 50.9 Å². The summed E-state index contributed by atoms with van der Waals surface area (Å²) in [5.41, 5.74) is 5.01. The number of rotatable bonds is 10. The number of amides is 1. The highest BCUT2D eigenvalue weighted by Gasteiger charge is 2.44. The predicted octanol–water partition coefficient (Wildman–Crippen LogP) is 5.89. The number of halogens is 3. The quantitative estimate of drug-likeness (QED) is 0.129. The summed E-state index contributed by atoms with van der Waals surface area (Å²) in [6.45, 7) is 5.57. The molecule has 1 amide bonds. The average Bonchev–Trinajstić information content (AvgIpc) is 3.55. The molecule has 8 nitrogen and oxygen atoms in total. The summed E-state index contributed by atoms with van der Waals surface area (Å²) in [6, 6.07) is 9.95. The number of aliphatic imine (C=N–C) groups is 1. The number of pyridine rings is 1. The molecule has 3 aromatic rings. The molecule has 0 spiro atoms. The van der Waals surface area contributed by atoms with Gasteiger partial charge in [0.25, 0.3) is 5.91 Å². The Labute approximate surface area is 261 Å². The van der Waals surface area contributed by atoms with Crippen LogP contribution < -0.4 is 15.4 Å². The fraction of sp³-hybridized carbons (Fsp3) is 0.517. The molecule has 2 aromatic heterocycles. The lowest BCUT2D eigenvalue weighted by Crippen LogP contribution is -2.59. The van der Waals surface area contributed by atoms with E-state index in [0.717, 1.165) is 59.2 Å². The van der Waals surface area contributed by atoms with Crippen LogP contribution in [0.2, 0.25) is 10.0 Å². The number of fused-ring (bicyclic) bond motifs is 1. The van der Waals surface area contributed by atoms with Gasteiger partial charge in [0.2, 0.25) is 0 Å². The van der Waals surface area contributed by atoms with Gasteiger partial charge in [-0.05, 0) is 55.8 Å². The van der Waals surface area contributed by atoms with Crippen LogP contribution in [0.5, 0.6) is 0 Å². The number of hydrogen-bond acceptors (Lipinski definition) is 7. The molecule has 2 fully saturated rings. The zero-order valence-corrected chi connectivity index (χ0v) is 26.4. The third-order valence-corrected chi connectivity index (χ3v) is 9.67. The number of anilines is 1. The number of aromatic nitrogens is 2. The Morgan fingerprint density at radius 2 is 1.95 bits per heavy atom. The van der Waals surface area contributed by atoms with Crippen molar-refractivity contribution < 1.29 is 14.5 Å². The monoisotopic (exact) mass is 638 g/mol. The van der Waals surface area contributed by atoms with E-state index in [2.05, 4.69) is 27.5 Å². The van der Waals surface area contributed by atoms with Gasteiger partial charge in [-0.15, -0.1) is 23.7 Å². The summed E-state index contributed by atoms with van der Waals surface area (Å²) in [4.78, 5) is 28.3. The van der Waals surface area contributed by atoms with Crippen LogP contribution in [0.1, 0.15) is 68.5 Å². The number of carbonyl (C=O) groups excluding carboxylic acids is 1. The number of nitrogens with zero attached hydrogens (tertiary/aromatic N) is 5. The van der Waals surface area contributed by atoms with E-state index < -0.39 is 0 Å². The van der Waals surface area contributed by atoms with Crippen molar-refractivity contribution in [1.29, 1.82) is 0 Å². The molecule has 2 saturated heterocycles. The van der Waals surface area contributed by atoms with Crippen LogP contribution in [0.4, 0.5) is 5.82 Å². The first-order valence-electron chi connectivity index (χ1n) is 14.2. The van der Waals surface area contributed by atoms with Gasteiger partial charge >= 0.3 is 0 Å².